The molecule has 0 spiro atoms. The number of halogens is 1. The van der Waals surface area contributed by atoms with Crippen LogP contribution in [0.3, 0.4) is 0 Å². The topological polar surface area (TPSA) is 6.48 Å². The molecule has 0 radical (unpaired) electrons. The van der Waals surface area contributed by atoms with E-state index in [-0.39, 0.29) is 0 Å². The summed E-state index contributed by atoms with van der Waals surface area (Å²) in [7, 11) is 0. The standard InChI is InChI=1S/C14H19IN2/c15-12-4-1-5-13(10-12)17-9-3-8-16-7-2-6-14(16)11-17/h1,4-5,10,14H,2-3,6-9,11H2. The number of rotatable bonds is 1. The molecule has 17 heavy (non-hydrogen) atoms. The highest BCUT2D eigenvalue weighted by Gasteiger charge is 2.28. The molecular weight excluding hydrogens is 323 g/mol. The van der Waals surface area contributed by atoms with Gasteiger partial charge in [0.2, 0.25) is 0 Å². The summed E-state index contributed by atoms with van der Waals surface area (Å²) in [5.41, 5.74) is 1.41. The fraction of sp³-hybridized carbons (Fsp3) is 0.571. The molecule has 0 bridgehead atoms. The van der Waals surface area contributed by atoms with E-state index in [1.54, 1.807) is 0 Å². The first-order chi connectivity index (χ1) is 8.33. The molecule has 1 atom stereocenters. The average Bonchev–Trinajstić information content (AvgIpc) is 2.66. The van der Waals surface area contributed by atoms with Crippen molar-refractivity contribution in [3.05, 3.63) is 27.8 Å². The van der Waals surface area contributed by atoms with Gasteiger partial charge in [-0.15, -0.1) is 0 Å². The lowest BCUT2D eigenvalue weighted by atomic mass is 10.2. The Morgan fingerprint density at radius 2 is 2.00 bits per heavy atom. The van der Waals surface area contributed by atoms with E-state index in [0.717, 1.165) is 6.04 Å². The number of nitrogens with zero attached hydrogens (tertiary/aromatic N) is 2. The largest absolute Gasteiger partial charge is 0.370 e. The summed E-state index contributed by atoms with van der Waals surface area (Å²) < 4.78 is 1.34. The second kappa shape index (κ2) is 5.14. The fourth-order valence-electron chi connectivity index (χ4n) is 3.11. The third-order valence-electron chi connectivity index (χ3n) is 3.98. The molecule has 2 saturated heterocycles. The zero-order valence-electron chi connectivity index (χ0n) is 10.1. The first-order valence-electron chi connectivity index (χ1n) is 6.57. The number of benzene rings is 1. The van der Waals surface area contributed by atoms with Gasteiger partial charge in [0.15, 0.2) is 0 Å². The highest BCUT2D eigenvalue weighted by molar-refractivity contribution is 14.1. The van der Waals surface area contributed by atoms with Crippen molar-refractivity contribution in [1.29, 1.82) is 0 Å². The van der Waals surface area contributed by atoms with Crippen molar-refractivity contribution in [3.8, 4) is 0 Å². The Balaban J connectivity index is 1.78. The summed E-state index contributed by atoms with van der Waals surface area (Å²) in [5, 5.41) is 0. The smallest absolute Gasteiger partial charge is 0.0377 e. The molecule has 3 heteroatoms. The molecule has 0 saturated carbocycles. The molecule has 0 aromatic heterocycles. The molecule has 3 rings (SSSR count). The minimum atomic E-state index is 0.801. The van der Waals surface area contributed by atoms with Crippen molar-refractivity contribution in [1.82, 2.24) is 4.90 Å². The van der Waals surface area contributed by atoms with Crippen LogP contribution in [-0.4, -0.2) is 37.1 Å². The van der Waals surface area contributed by atoms with Crippen molar-refractivity contribution >= 4 is 28.3 Å². The zero-order valence-corrected chi connectivity index (χ0v) is 12.3. The van der Waals surface area contributed by atoms with E-state index < -0.39 is 0 Å². The van der Waals surface area contributed by atoms with E-state index in [1.807, 2.05) is 0 Å². The molecule has 2 aliphatic heterocycles. The Hall–Kier alpha value is -0.290. The number of hydrogen-bond acceptors (Lipinski definition) is 2. The second-order valence-electron chi connectivity index (χ2n) is 5.11. The van der Waals surface area contributed by atoms with E-state index in [9.17, 15) is 0 Å². The number of fused-ring (bicyclic) bond motifs is 1. The van der Waals surface area contributed by atoms with Gasteiger partial charge in [0.25, 0.3) is 0 Å². The van der Waals surface area contributed by atoms with Gasteiger partial charge in [0.1, 0.15) is 0 Å². The summed E-state index contributed by atoms with van der Waals surface area (Å²) in [4.78, 5) is 5.27. The maximum atomic E-state index is 2.69. The van der Waals surface area contributed by atoms with E-state index in [2.05, 4.69) is 56.7 Å². The van der Waals surface area contributed by atoms with Gasteiger partial charge in [0.05, 0.1) is 0 Å². The van der Waals surface area contributed by atoms with Crippen LogP contribution in [0.1, 0.15) is 19.3 Å². The maximum Gasteiger partial charge on any atom is 0.0377 e. The van der Waals surface area contributed by atoms with Gasteiger partial charge in [-0.25, -0.2) is 0 Å². The molecular formula is C14H19IN2. The van der Waals surface area contributed by atoms with Crippen molar-refractivity contribution in [2.75, 3.05) is 31.1 Å². The Bertz CT molecular complexity index is 394. The number of hydrogen-bond donors (Lipinski definition) is 0. The van der Waals surface area contributed by atoms with E-state index in [4.69, 9.17) is 0 Å². The maximum absolute atomic E-state index is 2.69. The Labute approximate surface area is 117 Å². The Kier molecular flexibility index (Phi) is 3.56. The van der Waals surface area contributed by atoms with Gasteiger partial charge in [-0.2, -0.15) is 0 Å². The van der Waals surface area contributed by atoms with Gasteiger partial charge in [-0.05, 0) is 66.6 Å². The molecule has 2 fully saturated rings. The molecule has 92 valence electrons. The second-order valence-corrected chi connectivity index (χ2v) is 6.36. The van der Waals surface area contributed by atoms with Crippen LogP contribution in [0.5, 0.6) is 0 Å². The molecule has 2 heterocycles. The molecule has 0 N–H and O–H groups in total. The van der Waals surface area contributed by atoms with E-state index >= 15 is 0 Å². The Morgan fingerprint density at radius 3 is 2.88 bits per heavy atom. The third-order valence-corrected chi connectivity index (χ3v) is 4.65. The van der Waals surface area contributed by atoms with Crippen LogP contribution in [-0.2, 0) is 0 Å². The predicted molar refractivity (Wildman–Crippen MR) is 80.6 cm³/mol. The lowest BCUT2D eigenvalue weighted by Crippen LogP contribution is -2.36. The minimum absolute atomic E-state index is 0.801. The van der Waals surface area contributed by atoms with Crippen LogP contribution in [0.15, 0.2) is 24.3 Å². The average molecular weight is 342 g/mol. The molecule has 2 aliphatic rings. The normalized spacial score (nSPS) is 25.7. The molecule has 1 unspecified atom stereocenters. The number of anilines is 1. The van der Waals surface area contributed by atoms with Crippen LogP contribution < -0.4 is 4.90 Å². The lowest BCUT2D eigenvalue weighted by Gasteiger charge is -2.27. The summed E-state index contributed by atoms with van der Waals surface area (Å²) in [5.74, 6) is 0. The molecule has 0 aliphatic carbocycles. The molecule has 1 aromatic carbocycles. The van der Waals surface area contributed by atoms with Crippen molar-refractivity contribution in [2.45, 2.75) is 25.3 Å². The van der Waals surface area contributed by atoms with Gasteiger partial charge in [-0.1, -0.05) is 6.07 Å². The van der Waals surface area contributed by atoms with Crippen molar-refractivity contribution in [2.24, 2.45) is 0 Å². The Morgan fingerprint density at radius 1 is 1.12 bits per heavy atom. The zero-order chi connectivity index (χ0) is 11.7. The van der Waals surface area contributed by atoms with Crippen LogP contribution in [0.25, 0.3) is 0 Å². The highest BCUT2D eigenvalue weighted by Crippen LogP contribution is 2.25. The summed E-state index contributed by atoms with van der Waals surface area (Å²) in [6.45, 7) is 5.06. The van der Waals surface area contributed by atoms with Gasteiger partial charge in [-0.3, -0.25) is 4.90 Å². The van der Waals surface area contributed by atoms with Crippen LogP contribution in [0.2, 0.25) is 0 Å². The summed E-state index contributed by atoms with van der Waals surface area (Å²) >= 11 is 2.41. The highest BCUT2D eigenvalue weighted by atomic mass is 127. The quantitative estimate of drug-likeness (QED) is 0.724. The van der Waals surface area contributed by atoms with Crippen molar-refractivity contribution < 1.29 is 0 Å². The fourth-order valence-corrected chi connectivity index (χ4v) is 3.64. The molecule has 1 aromatic rings. The van der Waals surface area contributed by atoms with Crippen LogP contribution in [0, 0.1) is 3.57 Å². The monoisotopic (exact) mass is 342 g/mol. The summed E-state index contributed by atoms with van der Waals surface area (Å²) in [6, 6.07) is 9.71. The van der Waals surface area contributed by atoms with Gasteiger partial charge < -0.3 is 4.90 Å². The molecule has 2 nitrogen and oxygen atoms in total. The third kappa shape index (κ3) is 2.60. The van der Waals surface area contributed by atoms with Crippen molar-refractivity contribution in [3.63, 3.8) is 0 Å². The first-order valence-corrected chi connectivity index (χ1v) is 7.65. The van der Waals surface area contributed by atoms with E-state index in [1.165, 1.54) is 54.7 Å². The predicted octanol–water partition coefficient (Wildman–Crippen LogP) is 2.97. The SMILES string of the molecule is Ic1cccc(N2CCCN3CCCC3C2)c1. The lowest BCUT2D eigenvalue weighted by molar-refractivity contribution is 0.273. The van der Waals surface area contributed by atoms with Gasteiger partial charge >= 0.3 is 0 Å². The van der Waals surface area contributed by atoms with Gasteiger partial charge in [0, 0.05) is 34.9 Å². The minimum Gasteiger partial charge on any atom is -0.370 e. The van der Waals surface area contributed by atoms with Crippen LogP contribution in [0.4, 0.5) is 5.69 Å². The van der Waals surface area contributed by atoms with Crippen LogP contribution >= 0.6 is 22.6 Å². The van der Waals surface area contributed by atoms with E-state index in [0.29, 0.717) is 0 Å². The molecule has 0 amide bonds. The first kappa shape index (κ1) is 11.8. The summed E-state index contributed by atoms with van der Waals surface area (Å²) in [6.07, 6.45) is 4.09.